The summed E-state index contributed by atoms with van der Waals surface area (Å²) in [5.74, 6) is -0.254. The van der Waals surface area contributed by atoms with Gasteiger partial charge in [0.15, 0.2) is 4.32 Å². The third-order valence-electron chi connectivity index (χ3n) is 4.24. The second kappa shape index (κ2) is 8.64. The molecule has 1 N–H and O–H groups in total. The Morgan fingerprint density at radius 3 is 2.65 bits per heavy atom. The van der Waals surface area contributed by atoms with Crippen molar-refractivity contribution in [3.8, 4) is 0 Å². The van der Waals surface area contributed by atoms with Crippen LogP contribution in [0.25, 0.3) is 6.08 Å². The average Bonchev–Trinajstić information content (AvgIpc) is 3.25. The van der Waals surface area contributed by atoms with Gasteiger partial charge >= 0.3 is 0 Å². The summed E-state index contributed by atoms with van der Waals surface area (Å²) < 4.78 is 0.381. The van der Waals surface area contributed by atoms with E-state index in [0.29, 0.717) is 14.9 Å². The molecule has 2 aliphatic heterocycles. The second-order valence-electron chi connectivity index (χ2n) is 6.02. The number of nitrogens with zero attached hydrogens (tertiary/aromatic N) is 2. The predicted molar refractivity (Wildman–Crippen MR) is 110 cm³/mol. The Morgan fingerprint density at radius 1 is 1.31 bits per heavy atom. The first kappa shape index (κ1) is 18.8. The molecule has 2 aliphatic rings. The Balaban J connectivity index is 1.64. The number of amides is 1. The van der Waals surface area contributed by atoms with Crippen molar-refractivity contribution in [3.63, 3.8) is 0 Å². The molecule has 0 aliphatic carbocycles. The molecule has 0 unspecified atom stereocenters. The molecule has 0 spiro atoms. The summed E-state index contributed by atoms with van der Waals surface area (Å²) in [6, 6.07) is 8.40. The molecule has 1 aromatic rings. The second-order valence-corrected chi connectivity index (χ2v) is 7.70. The molecule has 2 heterocycles. The van der Waals surface area contributed by atoms with E-state index < -0.39 is 0 Å². The Morgan fingerprint density at radius 2 is 2.00 bits per heavy atom. The maximum Gasteiger partial charge on any atom is 0.270 e. The van der Waals surface area contributed by atoms with Gasteiger partial charge in [0.1, 0.15) is 6.61 Å². The largest absolute Gasteiger partial charge is 0.372 e. The molecule has 136 valence electrons. The number of rotatable bonds is 6. The topological polar surface area (TPSA) is 53.0 Å². The predicted octanol–water partition coefficient (Wildman–Crippen LogP) is 4.05. The van der Waals surface area contributed by atoms with Gasteiger partial charge in [0.2, 0.25) is 0 Å². The molecule has 0 radical (unpaired) electrons. The molecule has 1 amide bonds. The van der Waals surface area contributed by atoms with Crippen LogP contribution in [0.2, 0.25) is 0 Å². The lowest BCUT2D eigenvalue weighted by atomic mass is 10.2. The first-order valence-electron chi connectivity index (χ1n) is 8.34. The molecule has 2 saturated heterocycles. The summed E-state index contributed by atoms with van der Waals surface area (Å²) >= 11 is 6.40. The monoisotopic (exact) mass is 388 g/mol. The van der Waals surface area contributed by atoms with E-state index in [-0.39, 0.29) is 12.5 Å². The molecule has 2 fully saturated rings. The van der Waals surface area contributed by atoms with Crippen LogP contribution in [-0.4, -0.2) is 40.1 Å². The average molecular weight is 389 g/mol. The molecule has 3 rings (SSSR count). The highest BCUT2D eigenvalue weighted by atomic mass is 32.2. The number of hydrogen-bond acceptors (Lipinski definition) is 6. The molecule has 5 nitrogen and oxygen atoms in total. The summed E-state index contributed by atoms with van der Waals surface area (Å²) in [6.45, 7) is 5.79. The fourth-order valence-corrected chi connectivity index (χ4v) is 4.21. The number of thiocarbonyl (C=S) groups is 1. The van der Waals surface area contributed by atoms with Crippen molar-refractivity contribution >= 4 is 46.0 Å². The zero-order chi connectivity index (χ0) is 18.5. The van der Waals surface area contributed by atoms with Crippen molar-refractivity contribution in [2.24, 2.45) is 0 Å². The Labute approximate surface area is 162 Å². The lowest BCUT2D eigenvalue weighted by molar-refractivity contribution is -0.235. The van der Waals surface area contributed by atoms with Crippen LogP contribution in [0.3, 0.4) is 0 Å². The fraction of sp³-hybridized carbons (Fsp3) is 0.263. The van der Waals surface area contributed by atoms with E-state index >= 15 is 0 Å². The summed E-state index contributed by atoms with van der Waals surface area (Å²) in [7, 11) is 0. The van der Waals surface area contributed by atoms with Crippen LogP contribution in [0.4, 0.5) is 5.69 Å². The van der Waals surface area contributed by atoms with E-state index in [1.807, 2.05) is 12.2 Å². The molecule has 0 atom stereocenters. The molecule has 0 bridgehead atoms. The highest BCUT2D eigenvalue weighted by Crippen LogP contribution is 2.33. The highest BCUT2D eigenvalue weighted by Gasteiger charge is 2.33. The van der Waals surface area contributed by atoms with E-state index in [2.05, 4.69) is 40.6 Å². The summed E-state index contributed by atoms with van der Waals surface area (Å²) in [5.41, 5.74) is 2.63. The maximum atomic E-state index is 12.4. The first-order valence-corrected chi connectivity index (χ1v) is 9.56. The van der Waals surface area contributed by atoms with E-state index in [0.717, 1.165) is 18.7 Å². The highest BCUT2D eigenvalue weighted by molar-refractivity contribution is 8.26. The summed E-state index contributed by atoms with van der Waals surface area (Å²) in [6.07, 6.45) is 8.04. The number of allylic oxidation sites excluding steroid dienone is 2. The van der Waals surface area contributed by atoms with Gasteiger partial charge in [-0.3, -0.25) is 15.0 Å². The van der Waals surface area contributed by atoms with Crippen LogP contribution in [0.1, 0.15) is 18.4 Å². The Bertz CT molecular complexity index is 765. The maximum absolute atomic E-state index is 12.4. The van der Waals surface area contributed by atoms with Gasteiger partial charge in [-0.1, -0.05) is 54.8 Å². The lowest BCUT2D eigenvalue weighted by Crippen LogP contribution is -2.28. The van der Waals surface area contributed by atoms with Gasteiger partial charge in [0.25, 0.3) is 5.91 Å². The number of hydrogen-bond donors (Lipinski definition) is 1. The number of carbonyl (C=O) groups is 1. The Kier molecular flexibility index (Phi) is 6.26. The van der Waals surface area contributed by atoms with Gasteiger partial charge < -0.3 is 4.90 Å². The number of benzene rings is 1. The number of carbonyl (C=O) groups excluding carboxylic acids is 1. The van der Waals surface area contributed by atoms with Crippen LogP contribution in [-0.2, 0) is 9.68 Å². The third kappa shape index (κ3) is 4.24. The van der Waals surface area contributed by atoms with Crippen LogP contribution in [0.5, 0.6) is 0 Å². The van der Waals surface area contributed by atoms with Gasteiger partial charge in [-0.05, 0) is 36.6 Å². The zero-order valence-corrected chi connectivity index (χ0v) is 15.9. The van der Waals surface area contributed by atoms with Crippen molar-refractivity contribution < 1.29 is 14.9 Å². The van der Waals surface area contributed by atoms with Gasteiger partial charge in [0.05, 0.1) is 4.91 Å². The molecule has 7 heteroatoms. The van der Waals surface area contributed by atoms with E-state index in [1.54, 1.807) is 6.08 Å². The van der Waals surface area contributed by atoms with Gasteiger partial charge in [-0.2, -0.15) is 0 Å². The minimum absolute atomic E-state index is 0.168. The SMILES string of the molecule is C=C(COO)N1C(=O)C(=CC=Cc2ccc(N3CCCC3)cc2)SC1=S. The van der Waals surface area contributed by atoms with Gasteiger partial charge in [-0.25, -0.2) is 4.89 Å². The third-order valence-corrected chi connectivity index (χ3v) is 5.56. The lowest BCUT2D eigenvalue weighted by Gasteiger charge is -2.17. The number of thioether (sulfide) groups is 1. The summed E-state index contributed by atoms with van der Waals surface area (Å²) in [5, 5.41) is 8.51. The van der Waals surface area contributed by atoms with E-state index in [1.165, 1.54) is 35.2 Å². The Hall–Kier alpha value is -1.93. The van der Waals surface area contributed by atoms with Crippen molar-refractivity contribution in [1.82, 2.24) is 4.90 Å². The van der Waals surface area contributed by atoms with Gasteiger partial charge in [0, 0.05) is 24.5 Å². The molecule has 1 aromatic carbocycles. The van der Waals surface area contributed by atoms with Crippen molar-refractivity contribution in [3.05, 3.63) is 59.2 Å². The van der Waals surface area contributed by atoms with Crippen molar-refractivity contribution in [1.29, 1.82) is 0 Å². The minimum Gasteiger partial charge on any atom is -0.372 e. The zero-order valence-electron chi connectivity index (χ0n) is 14.3. The number of anilines is 1. The smallest absolute Gasteiger partial charge is 0.270 e. The summed E-state index contributed by atoms with van der Waals surface area (Å²) in [4.78, 5) is 20.6. The van der Waals surface area contributed by atoms with Crippen LogP contribution in [0, 0.1) is 0 Å². The van der Waals surface area contributed by atoms with Gasteiger partial charge in [-0.15, -0.1) is 0 Å². The van der Waals surface area contributed by atoms with E-state index in [9.17, 15) is 4.79 Å². The molecule has 0 aromatic heterocycles. The quantitative estimate of drug-likeness (QED) is 0.343. The normalized spacial score (nSPS) is 19.3. The van der Waals surface area contributed by atoms with Crippen LogP contribution < -0.4 is 4.90 Å². The molecular weight excluding hydrogens is 368 g/mol. The van der Waals surface area contributed by atoms with Crippen LogP contribution in [0.15, 0.2) is 53.6 Å². The molecular formula is C19H20N2O3S2. The standard InChI is InChI=1S/C19H20N2O3S2/c1-14(13-24-23)21-18(22)17(26-19(21)25)6-4-5-15-7-9-16(10-8-15)20-11-2-3-12-20/h4-10,23H,1-3,11-13H2. The molecule has 26 heavy (non-hydrogen) atoms. The van der Waals surface area contributed by atoms with Crippen molar-refractivity contribution in [2.45, 2.75) is 12.8 Å². The fourth-order valence-electron chi connectivity index (χ4n) is 2.91. The minimum atomic E-state index is -0.254. The first-order chi connectivity index (χ1) is 12.6. The van der Waals surface area contributed by atoms with Crippen molar-refractivity contribution in [2.75, 3.05) is 24.6 Å². The van der Waals surface area contributed by atoms with E-state index in [4.69, 9.17) is 17.5 Å². The molecule has 0 saturated carbocycles. The van der Waals surface area contributed by atoms with Crippen LogP contribution >= 0.6 is 24.0 Å².